The largest absolute Gasteiger partial charge is 0.466 e. The van der Waals surface area contributed by atoms with Gasteiger partial charge >= 0.3 is 5.97 Å². The first-order valence-electron chi connectivity index (χ1n) is 9.22. The Morgan fingerprint density at radius 3 is 2.42 bits per heavy atom. The van der Waals surface area contributed by atoms with Crippen molar-refractivity contribution in [2.45, 2.75) is 39.2 Å². The number of Topliss-reactive ketones (excluding diaryl/α,β-unsaturated/α-hetero) is 1. The molecule has 1 atom stereocenters. The molecule has 142 valence electrons. The number of esters is 1. The molecular weight excluding hydrogens is 332 g/mol. The standard InChI is InChI=1S/C20H28N2O4/c1-3-26-20(25)17-9-11-22(12-10-17)14-19(24)21-18(15(2)23)13-16-7-5-4-6-8-16/h4-8,17-18H,3,9-14H2,1-2H3,(H,21,24)/t18-/m0/s1. The van der Waals surface area contributed by atoms with E-state index in [-0.39, 0.29) is 30.1 Å². The van der Waals surface area contributed by atoms with Crippen molar-refractivity contribution in [2.75, 3.05) is 26.2 Å². The molecule has 0 aliphatic carbocycles. The van der Waals surface area contributed by atoms with Crippen molar-refractivity contribution in [2.24, 2.45) is 5.92 Å². The summed E-state index contributed by atoms with van der Waals surface area (Å²) in [5.41, 5.74) is 1.02. The minimum Gasteiger partial charge on any atom is -0.466 e. The van der Waals surface area contributed by atoms with Gasteiger partial charge in [0.25, 0.3) is 0 Å². The summed E-state index contributed by atoms with van der Waals surface area (Å²) in [5, 5.41) is 2.84. The zero-order chi connectivity index (χ0) is 18.9. The summed E-state index contributed by atoms with van der Waals surface area (Å²) in [7, 11) is 0. The van der Waals surface area contributed by atoms with Crippen LogP contribution in [0, 0.1) is 5.92 Å². The molecule has 0 unspecified atom stereocenters. The first-order chi connectivity index (χ1) is 12.5. The third-order valence-corrected chi connectivity index (χ3v) is 4.68. The van der Waals surface area contributed by atoms with Gasteiger partial charge in [-0.1, -0.05) is 30.3 Å². The lowest BCUT2D eigenvalue weighted by Crippen LogP contribution is -2.48. The van der Waals surface area contributed by atoms with Crippen LogP contribution in [0.3, 0.4) is 0 Å². The molecule has 0 radical (unpaired) electrons. The Hall–Kier alpha value is -2.21. The quantitative estimate of drug-likeness (QED) is 0.713. The summed E-state index contributed by atoms with van der Waals surface area (Å²) in [4.78, 5) is 38.0. The fourth-order valence-electron chi connectivity index (χ4n) is 3.18. The molecule has 0 bridgehead atoms. The number of rotatable bonds is 8. The van der Waals surface area contributed by atoms with E-state index < -0.39 is 6.04 Å². The van der Waals surface area contributed by atoms with Gasteiger partial charge in [0.15, 0.2) is 5.78 Å². The highest BCUT2D eigenvalue weighted by Gasteiger charge is 2.27. The summed E-state index contributed by atoms with van der Waals surface area (Å²) < 4.78 is 5.06. The average molecular weight is 360 g/mol. The third-order valence-electron chi connectivity index (χ3n) is 4.68. The molecular formula is C20H28N2O4. The number of hydrogen-bond acceptors (Lipinski definition) is 5. The van der Waals surface area contributed by atoms with E-state index in [0.717, 1.165) is 5.56 Å². The summed E-state index contributed by atoms with van der Waals surface area (Å²) >= 11 is 0. The van der Waals surface area contributed by atoms with E-state index in [4.69, 9.17) is 4.74 Å². The maximum atomic E-state index is 12.3. The first kappa shape index (κ1) is 20.1. The molecule has 26 heavy (non-hydrogen) atoms. The maximum absolute atomic E-state index is 12.3. The zero-order valence-corrected chi connectivity index (χ0v) is 15.6. The lowest BCUT2D eigenvalue weighted by molar-refractivity contribution is -0.149. The Labute approximate surface area is 154 Å². The molecule has 1 saturated heterocycles. The Morgan fingerprint density at radius 1 is 1.19 bits per heavy atom. The summed E-state index contributed by atoms with van der Waals surface area (Å²) in [6.07, 6.45) is 1.89. The Balaban J connectivity index is 1.80. The van der Waals surface area contributed by atoms with Crippen LogP contribution in [0.25, 0.3) is 0 Å². The van der Waals surface area contributed by atoms with Crippen molar-refractivity contribution in [3.8, 4) is 0 Å². The molecule has 0 aromatic heterocycles. The molecule has 1 aromatic rings. The van der Waals surface area contributed by atoms with Crippen molar-refractivity contribution in [3.63, 3.8) is 0 Å². The number of ether oxygens (including phenoxy) is 1. The van der Waals surface area contributed by atoms with E-state index in [2.05, 4.69) is 5.32 Å². The van der Waals surface area contributed by atoms with E-state index in [1.54, 1.807) is 6.92 Å². The van der Waals surface area contributed by atoms with Gasteiger partial charge in [-0.15, -0.1) is 0 Å². The second-order valence-corrected chi connectivity index (χ2v) is 6.72. The van der Waals surface area contributed by atoms with Gasteiger partial charge in [0.2, 0.25) is 5.91 Å². The van der Waals surface area contributed by atoms with Crippen molar-refractivity contribution in [1.29, 1.82) is 0 Å². The van der Waals surface area contributed by atoms with Crippen molar-refractivity contribution >= 4 is 17.7 Å². The molecule has 1 N–H and O–H groups in total. The monoisotopic (exact) mass is 360 g/mol. The highest BCUT2D eigenvalue weighted by molar-refractivity contribution is 5.88. The van der Waals surface area contributed by atoms with Gasteiger partial charge in [-0.25, -0.2) is 0 Å². The number of nitrogens with zero attached hydrogens (tertiary/aromatic N) is 1. The van der Waals surface area contributed by atoms with Gasteiger partial charge in [-0.3, -0.25) is 19.3 Å². The van der Waals surface area contributed by atoms with Crippen LogP contribution in [-0.4, -0.2) is 54.8 Å². The van der Waals surface area contributed by atoms with Crippen LogP contribution >= 0.6 is 0 Å². The normalized spacial score (nSPS) is 16.7. The van der Waals surface area contributed by atoms with Crippen molar-refractivity contribution in [3.05, 3.63) is 35.9 Å². The number of amides is 1. The molecule has 1 aromatic carbocycles. The third kappa shape index (κ3) is 6.26. The van der Waals surface area contributed by atoms with Gasteiger partial charge < -0.3 is 10.1 Å². The molecule has 2 rings (SSSR count). The topological polar surface area (TPSA) is 75.7 Å². The van der Waals surface area contributed by atoms with E-state index in [9.17, 15) is 14.4 Å². The number of nitrogens with one attached hydrogen (secondary N) is 1. The Kier molecular flexibility index (Phi) is 7.78. The summed E-state index contributed by atoms with van der Waals surface area (Å²) in [6, 6.07) is 9.14. The second kappa shape index (κ2) is 10.1. The fourth-order valence-corrected chi connectivity index (χ4v) is 3.18. The number of benzene rings is 1. The predicted molar refractivity (Wildman–Crippen MR) is 98.6 cm³/mol. The molecule has 6 nitrogen and oxygen atoms in total. The van der Waals surface area contributed by atoms with Gasteiger partial charge in [-0.05, 0) is 51.8 Å². The van der Waals surface area contributed by atoms with Crippen LogP contribution in [0.15, 0.2) is 30.3 Å². The van der Waals surface area contributed by atoms with Crippen LogP contribution in [0.4, 0.5) is 0 Å². The van der Waals surface area contributed by atoms with Gasteiger partial charge in [0.1, 0.15) is 0 Å². The number of carbonyl (C=O) groups excluding carboxylic acids is 3. The molecule has 1 heterocycles. The van der Waals surface area contributed by atoms with Crippen LogP contribution in [-0.2, 0) is 25.5 Å². The Bertz CT molecular complexity index is 609. The van der Waals surface area contributed by atoms with E-state index in [1.807, 2.05) is 35.2 Å². The first-order valence-corrected chi connectivity index (χ1v) is 9.22. The number of hydrogen-bond donors (Lipinski definition) is 1. The average Bonchev–Trinajstić information content (AvgIpc) is 2.62. The summed E-state index contributed by atoms with van der Waals surface area (Å²) in [6.45, 7) is 5.31. The van der Waals surface area contributed by atoms with Gasteiger partial charge in [-0.2, -0.15) is 0 Å². The molecule has 6 heteroatoms. The highest BCUT2D eigenvalue weighted by Crippen LogP contribution is 2.18. The molecule has 1 amide bonds. The molecule has 1 aliphatic rings. The minimum absolute atomic E-state index is 0.0526. The number of piperidine rings is 1. The number of ketones is 1. The second-order valence-electron chi connectivity index (χ2n) is 6.72. The summed E-state index contributed by atoms with van der Waals surface area (Å²) in [5.74, 6) is -0.424. The number of likely N-dealkylation sites (tertiary alicyclic amines) is 1. The van der Waals surface area contributed by atoms with Crippen LogP contribution in [0.5, 0.6) is 0 Å². The van der Waals surface area contributed by atoms with E-state index in [1.165, 1.54) is 6.92 Å². The maximum Gasteiger partial charge on any atom is 0.309 e. The zero-order valence-electron chi connectivity index (χ0n) is 15.6. The van der Waals surface area contributed by atoms with Crippen LogP contribution in [0.1, 0.15) is 32.3 Å². The van der Waals surface area contributed by atoms with E-state index >= 15 is 0 Å². The minimum atomic E-state index is -0.512. The molecule has 1 fully saturated rings. The number of carbonyl (C=O) groups is 3. The van der Waals surface area contributed by atoms with Crippen LogP contribution < -0.4 is 5.32 Å². The van der Waals surface area contributed by atoms with Gasteiger partial charge in [0, 0.05) is 0 Å². The predicted octanol–water partition coefficient (Wildman–Crippen LogP) is 1.58. The van der Waals surface area contributed by atoms with Crippen LogP contribution in [0.2, 0.25) is 0 Å². The van der Waals surface area contributed by atoms with E-state index in [0.29, 0.717) is 39.0 Å². The molecule has 1 aliphatic heterocycles. The SMILES string of the molecule is CCOC(=O)C1CCN(CC(=O)N[C@@H](Cc2ccccc2)C(C)=O)CC1. The highest BCUT2D eigenvalue weighted by atomic mass is 16.5. The smallest absolute Gasteiger partial charge is 0.309 e. The lowest BCUT2D eigenvalue weighted by atomic mass is 9.97. The Morgan fingerprint density at radius 2 is 1.85 bits per heavy atom. The molecule has 0 saturated carbocycles. The fraction of sp³-hybridized carbons (Fsp3) is 0.550. The van der Waals surface area contributed by atoms with Gasteiger partial charge in [0.05, 0.1) is 25.1 Å². The van der Waals surface area contributed by atoms with Crippen molar-refractivity contribution < 1.29 is 19.1 Å². The van der Waals surface area contributed by atoms with Crippen molar-refractivity contribution in [1.82, 2.24) is 10.2 Å². The molecule has 0 spiro atoms. The lowest BCUT2D eigenvalue weighted by Gasteiger charge is -2.30.